The fourth-order valence-corrected chi connectivity index (χ4v) is 2.12. The van der Waals surface area contributed by atoms with Crippen molar-refractivity contribution < 1.29 is 4.79 Å². The number of hydrogen-bond donors (Lipinski definition) is 1. The summed E-state index contributed by atoms with van der Waals surface area (Å²) < 4.78 is 0. The molecule has 0 aliphatic carbocycles. The summed E-state index contributed by atoms with van der Waals surface area (Å²) in [5.41, 5.74) is 5.10. The number of unbranched alkanes of at least 4 members (excludes halogenated alkanes) is 2. The van der Waals surface area contributed by atoms with Crippen LogP contribution >= 0.6 is 0 Å². The van der Waals surface area contributed by atoms with Gasteiger partial charge in [0.15, 0.2) is 0 Å². The number of carbonyl (C=O) groups excluding carboxylic acids is 1. The van der Waals surface area contributed by atoms with E-state index in [4.69, 9.17) is 0 Å². The van der Waals surface area contributed by atoms with E-state index in [9.17, 15) is 4.79 Å². The summed E-state index contributed by atoms with van der Waals surface area (Å²) >= 11 is 0. The van der Waals surface area contributed by atoms with Gasteiger partial charge in [-0.25, -0.2) is 5.43 Å². The SMILES string of the molecule is CCCCC/C(=N\NC(=O)c1cccnc1)c1ccccc1. The van der Waals surface area contributed by atoms with Crippen molar-refractivity contribution in [2.45, 2.75) is 32.6 Å². The van der Waals surface area contributed by atoms with E-state index in [1.807, 2.05) is 30.3 Å². The van der Waals surface area contributed by atoms with Gasteiger partial charge in [0.2, 0.25) is 0 Å². The lowest BCUT2D eigenvalue weighted by atomic mass is 10.0. The van der Waals surface area contributed by atoms with Gasteiger partial charge in [-0.05, 0) is 30.5 Å². The Morgan fingerprint density at radius 3 is 2.55 bits per heavy atom. The van der Waals surface area contributed by atoms with E-state index in [1.54, 1.807) is 18.3 Å². The molecule has 0 atom stereocenters. The van der Waals surface area contributed by atoms with Crippen molar-refractivity contribution >= 4 is 11.6 Å². The van der Waals surface area contributed by atoms with Crippen molar-refractivity contribution in [3.8, 4) is 0 Å². The van der Waals surface area contributed by atoms with Crippen molar-refractivity contribution in [3.63, 3.8) is 0 Å². The summed E-state index contributed by atoms with van der Waals surface area (Å²) in [6.07, 6.45) is 7.40. The highest BCUT2D eigenvalue weighted by atomic mass is 16.2. The third-order valence-corrected chi connectivity index (χ3v) is 3.34. The molecule has 4 nitrogen and oxygen atoms in total. The lowest BCUT2D eigenvalue weighted by molar-refractivity contribution is 0.0954. The second-order valence-electron chi connectivity index (χ2n) is 5.06. The first-order chi connectivity index (χ1) is 10.8. The van der Waals surface area contributed by atoms with Crippen molar-refractivity contribution in [1.29, 1.82) is 0 Å². The Hall–Kier alpha value is -2.49. The van der Waals surface area contributed by atoms with Gasteiger partial charge in [0.25, 0.3) is 5.91 Å². The predicted molar refractivity (Wildman–Crippen MR) is 88.8 cm³/mol. The highest BCUT2D eigenvalue weighted by Gasteiger charge is 2.07. The third-order valence-electron chi connectivity index (χ3n) is 3.34. The van der Waals surface area contributed by atoms with Gasteiger partial charge < -0.3 is 0 Å². The summed E-state index contributed by atoms with van der Waals surface area (Å²) in [4.78, 5) is 16.0. The van der Waals surface area contributed by atoms with Gasteiger partial charge in [-0.3, -0.25) is 9.78 Å². The van der Waals surface area contributed by atoms with E-state index in [0.29, 0.717) is 5.56 Å². The van der Waals surface area contributed by atoms with Crippen LogP contribution in [0.25, 0.3) is 0 Å². The number of nitrogens with zero attached hydrogens (tertiary/aromatic N) is 2. The first-order valence-corrected chi connectivity index (χ1v) is 7.63. The van der Waals surface area contributed by atoms with Crippen LogP contribution in [-0.4, -0.2) is 16.6 Å². The number of amides is 1. The molecule has 1 N–H and O–H groups in total. The molecule has 1 aromatic heterocycles. The maximum atomic E-state index is 12.1. The number of rotatable bonds is 7. The van der Waals surface area contributed by atoms with Gasteiger partial charge in [-0.1, -0.05) is 50.1 Å². The van der Waals surface area contributed by atoms with Crippen molar-refractivity contribution in [2.75, 3.05) is 0 Å². The number of carbonyl (C=O) groups is 1. The van der Waals surface area contributed by atoms with E-state index in [0.717, 1.165) is 37.0 Å². The topological polar surface area (TPSA) is 54.4 Å². The normalized spacial score (nSPS) is 11.2. The lowest BCUT2D eigenvalue weighted by Crippen LogP contribution is -2.20. The molecule has 0 radical (unpaired) electrons. The first kappa shape index (κ1) is 15.9. The largest absolute Gasteiger partial charge is 0.272 e. The van der Waals surface area contributed by atoms with Crippen LogP contribution in [0.2, 0.25) is 0 Å². The van der Waals surface area contributed by atoms with Crippen LogP contribution in [0, 0.1) is 0 Å². The molecule has 0 aliphatic heterocycles. The second kappa shape index (κ2) is 8.72. The van der Waals surface area contributed by atoms with Gasteiger partial charge in [0.1, 0.15) is 0 Å². The minimum atomic E-state index is -0.239. The standard InChI is InChI=1S/C18H21N3O/c1-2-3-5-12-17(15-9-6-4-7-10-15)20-21-18(22)16-11-8-13-19-14-16/h4,6-11,13-14H,2-3,5,12H2,1H3,(H,21,22)/b20-17+. The smallest absolute Gasteiger partial charge is 0.267 e. The van der Waals surface area contributed by atoms with E-state index in [-0.39, 0.29) is 5.91 Å². The fourth-order valence-electron chi connectivity index (χ4n) is 2.12. The summed E-state index contributed by atoms with van der Waals surface area (Å²) in [7, 11) is 0. The Morgan fingerprint density at radius 2 is 1.86 bits per heavy atom. The summed E-state index contributed by atoms with van der Waals surface area (Å²) in [6, 6.07) is 13.4. The minimum absolute atomic E-state index is 0.239. The molecule has 22 heavy (non-hydrogen) atoms. The average Bonchev–Trinajstić information content (AvgIpc) is 2.59. The van der Waals surface area contributed by atoms with Gasteiger partial charge in [-0.2, -0.15) is 5.10 Å². The maximum absolute atomic E-state index is 12.1. The van der Waals surface area contributed by atoms with Gasteiger partial charge in [0.05, 0.1) is 11.3 Å². The van der Waals surface area contributed by atoms with Crippen molar-refractivity contribution in [1.82, 2.24) is 10.4 Å². The number of hydrazone groups is 1. The van der Waals surface area contributed by atoms with Gasteiger partial charge >= 0.3 is 0 Å². The molecule has 2 aromatic rings. The number of pyridine rings is 1. The van der Waals surface area contributed by atoms with Crippen LogP contribution < -0.4 is 5.43 Å². The molecule has 114 valence electrons. The highest BCUT2D eigenvalue weighted by molar-refractivity contribution is 6.02. The third kappa shape index (κ3) is 4.81. The van der Waals surface area contributed by atoms with Crippen LogP contribution in [0.3, 0.4) is 0 Å². The molecule has 1 aromatic carbocycles. The molecule has 1 amide bonds. The van der Waals surface area contributed by atoms with Crippen LogP contribution in [0.15, 0.2) is 60.0 Å². The average molecular weight is 295 g/mol. The zero-order chi connectivity index (χ0) is 15.6. The van der Waals surface area contributed by atoms with E-state index >= 15 is 0 Å². The fraction of sp³-hybridized carbons (Fsp3) is 0.278. The maximum Gasteiger partial charge on any atom is 0.272 e. The predicted octanol–water partition coefficient (Wildman–Crippen LogP) is 3.80. The second-order valence-corrected chi connectivity index (χ2v) is 5.06. The van der Waals surface area contributed by atoms with Gasteiger partial charge in [-0.15, -0.1) is 0 Å². The molecule has 0 aliphatic rings. The number of benzene rings is 1. The van der Waals surface area contributed by atoms with Crippen LogP contribution in [0.5, 0.6) is 0 Å². The Morgan fingerprint density at radius 1 is 1.09 bits per heavy atom. The molecule has 0 fully saturated rings. The van der Waals surface area contributed by atoms with Crippen LogP contribution in [0.1, 0.15) is 48.5 Å². The first-order valence-electron chi connectivity index (χ1n) is 7.63. The number of aromatic nitrogens is 1. The van der Waals surface area contributed by atoms with Crippen LogP contribution in [-0.2, 0) is 0 Å². The molecular formula is C18H21N3O. The molecule has 1 heterocycles. The van der Waals surface area contributed by atoms with E-state index in [1.165, 1.54) is 6.20 Å². The lowest BCUT2D eigenvalue weighted by Gasteiger charge is -2.07. The summed E-state index contributed by atoms with van der Waals surface area (Å²) in [6.45, 7) is 2.17. The molecule has 0 unspecified atom stereocenters. The summed E-state index contributed by atoms with van der Waals surface area (Å²) in [5, 5.41) is 4.33. The molecule has 0 spiro atoms. The monoisotopic (exact) mass is 295 g/mol. The molecule has 0 saturated heterocycles. The Balaban J connectivity index is 2.09. The van der Waals surface area contributed by atoms with Crippen LogP contribution in [0.4, 0.5) is 0 Å². The molecule has 0 bridgehead atoms. The van der Waals surface area contributed by atoms with Gasteiger partial charge in [0, 0.05) is 12.4 Å². The number of nitrogens with one attached hydrogen (secondary N) is 1. The Bertz CT molecular complexity index is 609. The highest BCUT2D eigenvalue weighted by Crippen LogP contribution is 2.09. The number of hydrogen-bond acceptors (Lipinski definition) is 3. The zero-order valence-corrected chi connectivity index (χ0v) is 12.8. The molecule has 2 rings (SSSR count). The van der Waals surface area contributed by atoms with Crippen molar-refractivity contribution in [3.05, 3.63) is 66.0 Å². The molecule has 0 saturated carbocycles. The molecule has 4 heteroatoms. The van der Waals surface area contributed by atoms with Crippen molar-refractivity contribution in [2.24, 2.45) is 5.10 Å². The molecular weight excluding hydrogens is 274 g/mol. The van der Waals surface area contributed by atoms with E-state index in [2.05, 4.69) is 22.4 Å². The quantitative estimate of drug-likeness (QED) is 0.480. The Kier molecular flexibility index (Phi) is 6.30. The Labute approximate surface area is 131 Å². The van der Waals surface area contributed by atoms with E-state index < -0.39 is 0 Å². The zero-order valence-electron chi connectivity index (χ0n) is 12.8. The minimum Gasteiger partial charge on any atom is -0.267 e. The summed E-state index contributed by atoms with van der Waals surface area (Å²) in [5.74, 6) is -0.239.